The molecule has 0 atom stereocenters. The summed E-state index contributed by atoms with van der Waals surface area (Å²) in [5.74, 6) is -0.332. The van der Waals surface area contributed by atoms with Crippen LogP contribution in [-0.2, 0) is 6.54 Å². The first-order chi connectivity index (χ1) is 9.66. The number of aromatic nitrogens is 1. The fourth-order valence-electron chi connectivity index (χ4n) is 1.62. The highest BCUT2D eigenvalue weighted by atomic mass is 19.3. The van der Waals surface area contributed by atoms with Crippen LogP contribution in [0.4, 0.5) is 8.78 Å². The zero-order valence-electron chi connectivity index (χ0n) is 10.4. The van der Waals surface area contributed by atoms with Gasteiger partial charge in [0.25, 0.3) is 5.91 Å². The highest BCUT2D eigenvalue weighted by molar-refractivity contribution is 5.92. The lowest BCUT2D eigenvalue weighted by Gasteiger charge is -2.11. The molecule has 6 heteroatoms. The number of pyridine rings is 1. The molecule has 0 aliphatic carbocycles. The van der Waals surface area contributed by atoms with Crippen LogP contribution in [-0.4, -0.2) is 17.5 Å². The Hall–Kier alpha value is -2.50. The SMILES string of the molecule is O=C(NCc1ccccc1OC(F)F)c1ccccn1. The van der Waals surface area contributed by atoms with Crippen molar-refractivity contribution in [1.29, 1.82) is 0 Å². The van der Waals surface area contributed by atoms with Gasteiger partial charge in [0.05, 0.1) is 0 Å². The van der Waals surface area contributed by atoms with Crippen molar-refractivity contribution < 1.29 is 18.3 Å². The third kappa shape index (κ3) is 3.74. The predicted octanol–water partition coefficient (Wildman–Crippen LogP) is 2.61. The number of ether oxygens (including phenoxy) is 1. The second-order valence-electron chi connectivity index (χ2n) is 3.88. The van der Waals surface area contributed by atoms with Crippen molar-refractivity contribution >= 4 is 5.91 Å². The Bertz CT molecular complexity index is 576. The van der Waals surface area contributed by atoms with E-state index in [0.717, 1.165) is 0 Å². The Morgan fingerprint density at radius 3 is 2.65 bits per heavy atom. The Kier molecular flexibility index (Phi) is 4.60. The third-order valence-electron chi connectivity index (χ3n) is 2.53. The van der Waals surface area contributed by atoms with Crippen molar-refractivity contribution in [3.63, 3.8) is 0 Å². The monoisotopic (exact) mass is 278 g/mol. The topological polar surface area (TPSA) is 51.2 Å². The summed E-state index contributed by atoms with van der Waals surface area (Å²) in [6, 6.07) is 11.3. The molecule has 1 amide bonds. The van der Waals surface area contributed by atoms with Crippen molar-refractivity contribution in [3.05, 3.63) is 59.9 Å². The first-order valence-corrected chi connectivity index (χ1v) is 5.89. The van der Waals surface area contributed by atoms with Crippen molar-refractivity contribution in [1.82, 2.24) is 10.3 Å². The number of benzene rings is 1. The summed E-state index contributed by atoms with van der Waals surface area (Å²) in [5, 5.41) is 2.60. The van der Waals surface area contributed by atoms with Gasteiger partial charge in [-0.25, -0.2) is 0 Å². The number of hydrogen-bond acceptors (Lipinski definition) is 3. The van der Waals surface area contributed by atoms with Gasteiger partial charge in [-0.15, -0.1) is 0 Å². The normalized spacial score (nSPS) is 10.3. The molecule has 0 fully saturated rings. The first-order valence-electron chi connectivity index (χ1n) is 5.89. The van der Waals surface area contributed by atoms with Gasteiger partial charge in [0.2, 0.25) is 0 Å². The Balaban J connectivity index is 2.02. The van der Waals surface area contributed by atoms with Crippen LogP contribution in [0, 0.1) is 0 Å². The molecule has 4 nitrogen and oxygen atoms in total. The molecule has 2 aromatic rings. The summed E-state index contributed by atoms with van der Waals surface area (Å²) < 4.78 is 28.9. The lowest BCUT2D eigenvalue weighted by molar-refractivity contribution is -0.0504. The van der Waals surface area contributed by atoms with E-state index < -0.39 is 6.61 Å². The smallest absolute Gasteiger partial charge is 0.387 e. The molecular formula is C14H12F2N2O2. The van der Waals surface area contributed by atoms with E-state index in [1.807, 2.05) is 0 Å². The molecule has 0 saturated heterocycles. The Morgan fingerprint density at radius 2 is 1.95 bits per heavy atom. The van der Waals surface area contributed by atoms with Gasteiger partial charge in [0.15, 0.2) is 0 Å². The van der Waals surface area contributed by atoms with Crippen LogP contribution in [0.2, 0.25) is 0 Å². The fourth-order valence-corrected chi connectivity index (χ4v) is 1.62. The molecule has 0 saturated carbocycles. The van der Waals surface area contributed by atoms with Crippen LogP contribution in [0.15, 0.2) is 48.7 Å². The molecule has 0 unspecified atom stereocenters. The van der Waals surface area contributed by atoms with Crippen molar-refractivity contribution in [2.24, 2.45) is 0 Å². The lowest BCUT2D eigenvalue weighted by atomic mass is 10.2. The first kappa shape index (κ1) is 13.9. The Labute approximate surface area is 114 Å². The largest absolute Gasteiger partial charge is 0.434 e. The number of nitrogens with one attached hydrogen (secondary N) is 1. The molecule has 104 valence electrons. The van der Waals surface area contributed by atoms with Gasteiger partial charge in [-0.2, -0.15) is 8.78 Å². The molecule has 2 rings (SSSR count). The van der Waals surface area contributed by atoms with Crippen LogP contribution in [0.1, 0.15) is 16.1 Å². The summed E-state index contributed by atoms with van der Waals surface area (Å²) in [6.07, 6.45) is 1.50. The van der Waals surface area contributed by atoms with Gasteiger partial charge < -0.3 is 10.1 Å². The van der Waals surface area contributed by atoms with Crippen LogP contribution < -0.4 is 10.1 Å². The van der Waals surface area contributed by atoms with E-state index >= 15 is 0 Å². The minimum atomic E-state index is -2.90. The molecule has 20 heavy (non-hydrogen) atoms. The molecule has 1 heterocycles. The summed E-state index contributed by atoms with van der Waals surface area (Å²) in [7, 11) is 0. The average molecular weight is 278 g/mol. The van der Waals surface area contributed by atoms with Gasteiger partial charge in [-0.1, -0.05) is 24.3 Å². The van der Waals surface area contributed by atoms with E-state index in [1.54, 1.807) is 36.4 Å². The standard InChI is InChI=1S/C14H12F2N2O2/c15-14(16)20-12-7-2-1-5-10(12)9-18-13(19)11-6-3-4-8-17-11/h1-8,14H,9H2,(H,18,19). The summed E-state index contributed by atoms with van der Waals surface area (Å²) in [4.78, 5) is 15.7. The number of rotatable bonds is 5. The average Bonchev–Trinajstić information content (AvgIpc) is 2.46. The van der Waals surface area contributed by atoms with Gasteiger partial charge >= 0.3 is 6.61 Å². The maximum atomic E-state index is 12.2. The highest BCUT2D eigenvalue weighted by Gasteiger charge is 2.11. The zero-order valence-corrected chi connectivity index (χ0v) is 10.4. The summed E-state index contributed by atoms with van der Waals surface area (Å²) in [6.45, 7) is -2.82. The van der Waals surface area contributed by atoms with Crippen LogP contribution >= 0.6 is 0 Å². The van der Waals surface area contributed by atoms with E-state index in [0.29, 0.717) is 5.56 Å². The minimum absolute atomic E-state index is 0.0452. The lowest BCUT2D eigenvalue weighted by Crippen LogP contribution is -2.24. The van der Waals surface area contributed by atoms with Gasteiger partial charge in [0.1, 0.15) is 11.4 Å². The number of amides is 1. The van der Waals surface area contributed by atoms with E-state index in [-0.39, 0.29) is 23.9 Å². The maximum Gasteiger partial charge on any atom is 0.387 e. The molecule has 1 aromatic heterocycles. The second-order valence-corrected chi connectivity index (χ2v) is 3.88. The van der Waals surface area contributed by atoms with Gasteiger partial charge in [0, 0.05) is 18.3 Å². The quantitative estimate of drug-likeness (QED) is 0.914. The number of alkyl halides is 2. The molecule has 0 aliphatic rings. The van der Waals surface area contributed by atoms with Crippen LogP contribution in [0.25, 0.3) is 0 Å². The number of halogens is 2. The zero-order chi connectivity index (χ0) is 14.4. The minimum Gasteiger partial charge on any atom is -0.434 e. The molecule has 0 spiro atoms. The van der Waals surface area contributed by atoms with Gasteiger partial charge in [-0.3, -0.25) is 9.78 Å². The van der Waals surface area contributed by atoms with E-state index in [1.165, 1.54) is 12.3 Å². The Morgan fingerprint density at radius 1 is 1.20 bits per heavy atom. The third-order valence-corrected chi connectivity index (χ3v) is 2.53. The predicted molar refractivity (Wildman–Crippen MR) is 68.5 cm³/mol. The van der Waals surface area contributed by atoms with E-state index in [4.69, 9.17) is 0 Å². The van der Waals surface area contributed by atoms with Crippen molar-refractivity contribution in [3.8, 4) is 5.75 Å². The van der Waals surface area contributed by atoms with Gasteiger partial charge in [-0.05, 0) is 18.2 Å². The number of para-hydroxylation sites is 1. The van der Waals surface area contributed by atoms with E-state index in [9.17, 15) is 13.6 Å². The van der Waals surface area contributed by atoms with Crippen molar-refractivity contribution in [2.45, 2.75) is 13.2 Å². The summed E-state index contributed by atoms with van der Waals surface area (Å²) >= 11 is 0. The number of nitrogens with zero attached hydrogens (tertiary/aromatic N) is 1. The molecule has 1 N–H and O–H groups in total. The van der Waals surface area contributed by atoms with Crippen LogP contribution in [0.5, 0.6) is 5.75 Å². The maximum absolute atomic E-state index is 12.2. The number of carbonyl (C=O) groups is 1. The number of hydrogen-bond donors (Lipinski definition) is 1. The molecule has 0 bridgehead atoms. The molecule has 0 radical (unpaired) electrons. The second kappa shape index (κ2) is 6.60. The summed E-state index contributed by atoms with van der Waals surface area (Å²) in [5.41, 5.74) is 0.733. The number of carbonyl (C=O) groups excluding carboxylic acids is 1. The molecular weight excluding hydrogens is 266 g/mol. The fraction of sp³-hybridized carbons (Fsp3) is 0.143. The van der Waals surface area contributed by atoms with Crippen molar-refractivity contribution in [2.75, 3.05) is 0 Å². The molecule has 1 aromatic carbocycles. The highest BCUT2D eigenvalue weighted by Crippen LogP contribution is 2.19. The van der Waals surface area contributed by atoms with Crippen LogP contribution in [0.3, 0.4) is 0 Å². The van der Waals surface area contributed by atoms with E-state index in [2.05, 4.69) is 15.0 Å². The molecule has 0 aliphatic heterocycles.